The summed E-state index contributed by atoms with van der Waals surface area (Å²) in [5, 5.41) is 9.06. The van der Waals surface area contributed by atoms with Gasteiger partial charge in [-0.1, -0.05) is 34.1 Å². The smallest absolute Gasteiger partial charge is 0.177 e. The van der Waals surface area contributed by atoms with Gasteiger partial charge < -0.3 is 9.84 Å². The van der Waals surface area contributed by atoms with Crippen molar-refractivity contribution in [2.24, 2.45) is 0 Å². The minimum Gasteiger partial charge on any atom is -0.394 e. The van der Waals surface area contributed by atoms with Gasteiger partial charge in [0.05, 0.1) is 25.9 Å². The molecular weight excluding hydrogens is 298 g/mol. The van der Waals surface area contributed by atoms with E-state index in [1.807, 2.05) is 29.2 Å². The van der Waals surface area contributed by atoms with Crippen molar-refractivity contribution in [2.45, 2.75) is 6.10 Å². The molecule has 0 amide bonds. The van der Waals surface area contributed by atoms with E-state index < -0.39 is 0 Å². The lowest BCUT2D eigenvalue weighted by Gasteiger charge is -2.31. The van der Waals surface area contributed by atoms with Crippen LogP contribution in [-0.2, 0) is 4.74 Å². The number of carbonyl (C=O) groups is 1. The van der Waals surface area contributed by atoms with Crippen LogP contribution in [0.3, 0.4) is 0 Å². The van der Waals surface area contributed by atoms with Crippen LogP contribution in [0.15, 0.2) is 28.7 Å². The molecule has 1 aromatic rings. The number of aliphatic hydroxyl groups excluding tert-OH is 1. The van der Waals surface area contributed by atoms with Gasteiger partial charge in [0.2, 0.25) is 0 Å². The molecular formula is C13H16BrNO3. The van der Waals surface area contributed by atoms with Crippen LogP contribution in [0, 0.1) is 0 Å². The second kappa shape index (κ2) is 6.43. The number of hydrogen-bond acceptors (Lipinski definition) is 4. The van der Waals surface area contributed by atoms with E-state index in [0.29, 0.717) is 25.3 Å². The number of carbonyl (C=O) groups excluding carboxylic acids is 1. The van der Waals surface area contributed by atoms with Gasteiger partial charge in [-0.3, -0.25) is 9.69 Å². The summed E-state index contributed by atoms with van der Waals surface area (Å²) in [5.74, 6) is 0.0843. The Morgan fingerprint density at radius 2 is 2.28 bits per heavy atom. The number of aliphatic hydroxyl groups is 1. The second-order valence-corrected chi connectivity index (χ2v) is 5.17. The maximum absolute atomic E-state index is 12.2. The van der Waals surface area contributed by atoms with Gasteiger partial charge >= 0.3 is 0 Å². The SMILES string of the molecule is O=C(CN1CCOC(CO)C1)c1ccccc1Br. The summed E-state index contributed by atoms with van der Waals surface area (Å²) < 4.78 is 6.18. The third-order valence-electron chi connectivity index (χ3n) is 2.97. The van der Waals surface area contributed by atoms with Crippen LogP contribution in [0.2, 0.25) is 0 Å². The maximum atomic E-state index is 12.2. The number of halogens is 1. The zero-order chi connectivity index (χ0) is 13.0. The Balaban J connectivity index is 1.97. The first-order valence-electron chi connectivity index (χ1n) is 5.93. The standard InChI is InChI=1S/C13H16BrNO3/c14-12-4-2-1-3-11(12)13(17)8-15-5-6-18-10(7-15)9-16/h1-4,10,16H,5-9H2. The van der Waals surface area contributed by atoms with Gasteiger partial charge in [0, 0.05) is 23.1 Å². The molecule has 0 radical (unpaired) electrons. The van der Waals surface area contributed by atoms with Crippen molar-refractivity contribution < 1.29 is 14.6 Å². The van der Waals surface area contributed by atoms with Crippen LogP contribution < -0.4 is 0 Å². The maximum Gasteiger partial charge on any atom is 0.177 e. The highest BCUT2D eigenvalue weighted by Gasteiger charge is 2.22. The average molecular weight is 314 g/mol. The monoisotopic (exact) mass is 313 g/mol. The molecule has 1 saturated heterocycles. The molecule has 1 heterocycles. The lowest BCUT2D eigenvalue weighted by molar-refractivity contribution is -0.0503. The van der Waals surface area contributed by atoms with Crippen molar-refractivity contribution in [2.75, 3.05) is 32.8 Å². The number of ether oxygens (including phenoxy) is 1. The summed E-state index contributed by atoms with van der Waals surface area (Å²) in [6.07, 6.45) is -0.175. The van der Waals surface area contributed by atoms with Crippen LogP contribution >= 0.6 is 15.9 Å². The highest BCUT2D eigenvalue weighted by Crippen LogP contribution is 2.17. The zero-order valence-electron chi connectivity index (χ0n) is 10.0. The molecule has 0 saturated carbocycles. The quantitative estimate of drug-likeness (QED) is 0.852. The first kappa shape index (κ1) is 13.7. The molecule has 0 aliphatic carbocycles. The molecule has 1 fully saturated rings. The van der Waals surface area contributed by atoms with E-state index in [9.17, 15) is 4.79 Å². The third-order valence-corrected chi connectivity index (χ3v) is 3.66. The predicted molar refractivity (Wildman–Crippen MR) is 71.7 cm³/mol. The molecule has 1 atom stereocenters. The molecule has 0 bridgehead atoms. The predicted octanol–water partition coefficient (Wildman–Crippen LogP) is 1.32. The zero-order valence-corrected chi connectivity index (χ0v) is 11.6. The Morgan fingerprint density at radius 1 is 1.50 bits per heavy atom. The van der Waals surface area contributed by atoms with E-state index in [-0.39, 0.29) is 18.5 Å². The summed E-state index contributed by atoms with van der Waals surface area (Å²) in [7, 11) is 0. The molecule has 4 nitrogen and oxygen atoms in total. The van der Waals surface area contributed by atoms with Crippen LogP contribution in [0.5, 0.6) is 0 Å². The normalized spacial score (nSPS) is 20.9. The molecule has 1 unspecified atom stereocenters. The molecule has 0 spiro atoms. The number of Topliss-reactive ketones (excluding diaryl/α,β-unsaturated/α-hetero) is 1. The number of hydrogen-bond donors (Lipinski definition) is 1. The second-order valence-electron chi connectivity index (χ2n) is 4.31. The Kier molecular flexibility index (Phi) is 4.88. The fraction of sp³-hybridized carbons (Fsp3) is 0.462. The van der Waals surface area contributed by atoms with Crippen molar-refractivity contribution >= 4 is 21.7 Å². The number of morpholine rings is 1. The van der Waals surface area contributed by atoms with Crippen LogP contribution in [0.25, 0.3) is 0 Å². The summed E-state index contributed by atoms with van der Waals surface area (Å²) >= 11 is 3.38. The minimum atomic E-state index is -0.175. The van der Waals surface area contributed by atoms with Gasteiger partial charge in [-0.25, -0.2) is 0 Å². The van der Waals surface area contributed by atoms with E-state index in [0.717, 1.165) is 11.0 Å². The van der Waals surface area contributed by atoms with E-state index >= 15 is 0 Å². The fourth-order valence-electron chi connectivity index (χ4n) is 2.01. The first-order valence-corrected chi connectivity index (χ1v) is 6.72. The van der Waals surface area contributed by atoms with Gasteiger partial charge in [-0.2, -0.15) is 0 Å². The molecule has 1 aromatic carbocycles. The summed E-state index contributed by atoms with van der Waals surface area (Å²) in [4.78, 5) is 14.2. The average Bonchev–Trinajstić information content (AvgIpc) is 2.39. The van der Waals surface area contributed by atoms with E-state index in [1.54, 1.807) is 0 Å². The van der Waals surface area contributed by atoms with Gasteiger partial charge in [0.15, 0.2) is 5.78 Å². The van der Waals surface area contributed by atoms with E-state index in [2.05, 4.69) is 15.9 Å². The largest absolute Gasteiger partial charge is 0.394 e. The summed E-state index contributed by atoms with van der Waals surface area (Å²) in [5.41, 5.74) is 0.699. The number of rotatable bonds is 4. The highest BCUT2D eigenvalue weighted by atomic mass is 79.9. The van der Waals surface area contributed by atoms with Gasteiger partial charge in [-0.05, 0) is 6.07 Å². The fourth-order valence-corrected chi connectivity index (χ4v) is 2.52. The van der Waals surface area contributed by atoms with Crippen LogP contribution in [0.1, 0.15) is 10.4 Å². The Bertz CT molecular complexity index is 424. The van der Waals surface area contributed by atoms with Crippen LogP contribution in [0.4, 0.5) is 0 Å². The Hall–Kier alpha value is -0.750. The van der Waals surface area contributed by atoms with Crippen molar-refractivity contribution in [3.8, 4) is 0 Å². The van der Waals surface area contributed by atoms with Crippen molar-refractivity contribution in [3.05, 3.63) is 34.3 Å². The molecule has 98 valence electrons. The molecule has 5 heteroatoms. The van der Waals surface area contributed by atoms with Gasteiger partial charge in [0.1, 0.15) is 0 Å². The van der Waals surface area contributed by atoms with Gasteiger partial charge in [-0.15, -0.1) is 0 Å². The van der Waals surface area contributed by atoms with Gasteiger partial charge in [0.25, 0.3) is 0 Å². The van der Waals surface area contributed by atoms with Crippen molar-refractivity contribution in [3.63, 3.8) is 0 Å². The number of ketones is 1. The summed E-state index contributed by atoms with van der Waals surface area (Å²) in [6.45, 7) is 2.26. The lowest BCUT2D eigenvalue weighted by Crippen LogP contribution is -2.46. The third kappa shape index (κ3) is 3.38. The van der Waals surface area contributed by atoms with E-state index in [1.165, 1.54) is 0 Å². The molecule has 0 aromatic heterocycles. The number of nitrogens with zero attached hydrogens (tertiary/aromatic N) is 1. The molecule has 18 heavy (non-hydrogen) atoms. The molecule has 1 aliphatic heterocycles. The number of benzene rings is 1. The topological polar surface area (TPSA) is 49.8 Å². The van der Waals surface area contributed by atoms with Crippen LogP contribution in [-0.4, -0.2) is 54.7 Å². The highest BCUT2D eigenvalue weighted by molar-refractivity contribution is 9.10. The molecule has 1 aliphatic rings. The van der Waals surface area contributed by atoms with Crippen molar-refractivity contribution in [1.29, 1.82) is 0 Å². The van der Waals surface area contributed by atoms with E-state index in [4.69, 9.17) is 9.84 Å². The summed E-state index contributed by atoms with van der Waals surface area (Å²) in [6, 6.07) is 7.42. The molecule has 2 rings (SSSR count). The molecule has 1 N–H and O–H groups in total. The Labute approximate surface area is 115 Å². The minimum absolute atomic E-state index is 0.000276. The van der Waals surface area contributed by atoms with Crippen molar-refractivity contribution in [1.82, 2.24) is 4.90 Å². The Morgan fingerprint density at radius 3 is 3.00 bits per heavy atom. The lowest BCUT2D eigenvalue weighted by atomic mass is 10.1. The first-order chi connectivity index (χ1) is 8.70.